The Kier molecular flexibility index (Phi) is 7.96. The summed E-state index contributed by atoms with van der Waals surface area (Å²) in [5.41, 5.74) is 1.83. The summed E-state index contributed by atoms with van der Waals surface area (Å²) in [4.78, 5) is 42.0. The second-order valence-electron chi connectivity index (χ2n) is 8.28. The SMILES string of the molecule is CN1CCN(C(CNC(=O)C(=O)Nc2ccccc2[N+](=O)[O-])c2ccc(N(C)C)cc2)CC1. The molecule has 1 aliphatic rings. The van der Waals surface area contributed by atoms with Crippen LogP contribution in [0.2, 0.25) is 0 Å². The van der Waals surface area contributed by atoms with Crippen LogP contribution in [-0.2, 0) is 9.59 Å². The quantitative estimate of drug-likeness (QED) is 0.372. The number of amides is 2. The summed E-state index contributed by atoms with van der Waals surface area (Å²) >= 11 is 0. The molecule has 0 aliphatic carbocycles. The molecular formula is C23H30N6O4. The van der Waals surface area contributed by atoms with Crippen molar-refractivity contribution in [2.24, 2.45) is 0 Å². The van der Waals surface area contributed by atoms with Gasteiger partial charge in [0.15, 0.2) is 0 Å². The van der Waals surface area contributed by atoms with E-state index in [1.165, 1.54) is 18.2 Å². The normalized spacial score (nSPS) is 15.5. The molecule has 176 valence electrons. The smallest absolute Gasteiger partial charge is 0.313 e. The first kappa shape index (κ1) is 24.1. The second kappa shape index (κ2) is 10.9. The Hall–Kier alpha value is -3.50. The minimum atomic E-state index is -0.940. The van der Waals surface area contributed by atoms with E-state index in [1.807, 2.05) is 43.3 Å². The van der Waals surface area contributed by atoms with Crippen molar-refractivity contribution in [3.8, 4) is 0 Å². The fourth-order valence-corrected chi connectivity index (χ4v) is 3.77. The molecule has 33 heavy (non-hydrogen) atoms. The van der Waals surface area contributed by atoms with Crippen molar-refractivity contribution in [2.45, 2.75) is 6.04 Å². The van der Waals surface area contributed by atoms with E-state index in [1.54, 1.807) is 6.07 Å². The fourth-order valence-electron chi connectivity index (χ4n) is 3.77. The Morgan fingerprint density at radius 1 is 1.03 bits per heavy atom. The number of likely N-dealkylation sites (N-methyl/N-ethyl adjacent to an activating group) is 1. The fraction of sp³-hybridized carbons (Fsp3) is 0.391. The predicted octanol–water partition coefficient (Wildman–Crippen LogP) is 1.70. The predicted molar refractivity (Wildman–Crippen MR) is 127 cm³/mol. The number of carbonyl (C=O) groups excluding carboxylic acids is 2. The topological polar surface area (TPSA) is 111 Å². The summed E-state index contributed by atoms with van der Waals surface area (Å²) in [6.45, 7) is 3.76. The number of nitrogens with one attached hydrogen (secondary N) is 2. The third-order valence-corrected chi connectivity index (χ3v) is 5.78. The van der Waals surface area contributed by atoms with Crippen LogP contribution in [0.4, 0.5) is 17.1 Å². The van der Waals surface area contributed by atoms with Crippen molar-refractivity contribution in [3.63, 3.8) is 0 Å². The van der Waals surface area contributed by atoms with E-state index in [-0.39, 0.29) is 24.0 Å². The molecule has 1 aliphatic heterocycles. The van der Waals surface area contributed by atoms with E-state index in [0.29, 0.717) is 0 Å². The van der Waals surface area contributed by atoms with Gasteiger partial charge in [0, 0.05) is 58.6 Å². The number of piperazine rings is 1. The number of anilines is 2. The minimum Gasteiger partial charge on any atom is -0.378 e. The van der Waals surface area contributed by atoms with Gasteiger partial charge in [0.25, 0.3) is 5.69 Å². The molecule has 2 N–H and O–H groups in total. The average Bonchev–Trinajstić information content (AvgIpc) is 2.80. The van der Waals surface area contributed by atoms with Gasteiger partial charge in [-0.3, -0.25) is 24.6 Å². The lowest BCUT2D eigenvalue weighted by Crippen LogP contribution is -2.49. The zero-order valence-electron chi connectivity index (χ0n) is 19.2. The maximum Gasteiger partial charge on any atom is 0.313 e. The van der Waals surface area contributed by atoms with Crippen LogP contribution in [0.1, 0.15) is 11.6 Å². The lowest BCUT2D eigenvalue weighted by atomic mass is 10.0. The molecule has 2 aromatic carbocycles. The molecule has 1 atom stereocenters. The molecule has 10 heteroatoms. The Bertz CT molecular complexity index is 987. The molecule has 1 heterocycles. The van der Waals surface area contributed by atoms with Gasteiger partial charge in [0.05, 0.1) is 11.0 Å². The molecule has 10 nitrogen and oxygen atoms in total. The highest BCUT2D eigenvalue weighted by atomic mass is 16.6. The van der Waals surface area contributed by atoms with E-state index in [9.17, 15) is 19.7 Å². The van der Waals surface area contributed by atoms with Gasteiger partial charge in [-0.2, -0.15) is 0 Å². The number of hydrogen-bond donors (Lipinski definition) is 2. The van der Waals surface area contributed by atoms with Crippen molar-refractivity contribution in [1.82, 2.24) is 15.1 Å². The summed E-state index contributed by atoms with van der Waals surface area (Å²) in [6, 6.07) is 13.8. The Labute approximate surface area is 193 Å². The first-order valence-electron chi connectivity index (χ1n) is 10.8. The van der Waals surface area contributed by atoms with E-state index >= 15 is 0 Å². The largest absolute Gasteiger partial charge is 0.378 e. The number of carbonyl (C=O) groups is 2. The summed E-state index contributed by atoms with van der Waals surface area (Å²) in [7, 11) is 6.03. The molecule has 0 spiro atoms. The van der Waals surface area contributed by atoms with Gasteiger partial charge in [-0.15, -0.1) is 0 Å². The maximum absolute atomic E-state index is 12.5. The second-order valence-corrected chi connectivity index (χ2v) is 8.28. The highest BCUT2D eigenvalue weighted by molar-refractivity contribution is 6.39. The molecule has 2 amide bonds. The highest BCUT2D eigenvalue weighted by Crippen LogP contribution is 2.25. The van der Waals surface area contributed by atoms with Gasteiger partial charge >= 0.3 is 11.8 Å². The zero-order chi connectivity index (χ0) is 24.0. The molecule has 0 saturated carbocycles. The average molecular weight is 455 g/mol. The standard InChI is InChI=1S/C23H30N6O4/c1-26(2)18-10-8-17(9-11-18)21(28-14-12-27(3)13-15-28)16-24-22(30)23(31)25-19-6-4-5-7-20(19)29(32)33/h4-11,21H,12-16H2,1-3H3,(H,24,30)(H,25,31). The third kappa shape index (κ3) is 6.27. The van der Waals surface area contributed by atoms with Crippen molar-refractivity contribution in [2.75, 3.05) is 64.1 Å². The van der Waals surface area contributed by atoms with Gasteiger partial charge in [-0.25, -0.2) is 0 Å². The lowest BCUT2D eigenvalue weighted by molar-refractivity contribution is -0.383. The van der Waals surface area contributed by atoms with E-state index in [0.717, 1.165) is 37.4 Å². The molecular weight excluding hydrogens is 424 g/mol. The Balaban J connectivity index is 1.70. The Morgan fingerprint density at radius 2 is 1.67 bits per heavy atom. The molecule has 0 bridgehead atoms. The Morgan fingerprint density at radius 3 is 2.27 bits per heavy atom. The van der Waals surface area contributed by atoms with Crippen molar-refractivity contribution in [1.29, 1.82) is 0 Å². The molecule has 0 radical (unpaired) electrons. The molecule has 3 rings (SSSR count). The lowest BCUT2D eigenvalue weighted by Gasteiger charge is -2.38. The number of nitro benzene ring substituents is 1. The van der Waals surface area contributed by atoms with E-state index in [2.05, 4.69) is 27.5 Å². The van der Waals surface area contributed by atoms with Crippen LogP contribution in [0, 0.1) is 10.1 Å². The van der Waals surface area contributed by atoms with Crippen LogP contribution < -0.4 is 15.5 Å². The summed E-state index contributed by atoms with van der Waals surface area (Å²) in [6.07, 6.45) is 0. The molecule has 1 unspecified atom stereocenters. The number of para-hydroxylation sites is 2. The summed E-state index contributed by atoms with van der Waals surface area (Å²) in [5, 5.41) is 16.2. The third-order valence-electron chi connectivity index (χ3n) is 5.78. The maximum atomic E-state index is 12.5. The van der Waals surface area contributed by atoms with E-state index < -0.39 is 16.7 Å². The van der Waals surface area contributed by atoms with Crippen LogP contribution in [0.15, 0.2) is 48.5 Å². The van der Waals surface area contributed by atoms with Gasteiger partial charge in [0.2, 0.25) is 0 Å². The number of hydrogen-bond acceptors (Lipinski definition) is 7. The van der Waals surface area contributed by atoms with Crippen molar-refractivity contribution < 1.29 is 14.5 Å². The van der Waals surface area contributed by atoms with Gasteiger partial charge < -0.3 is 20.4 Å². The van der Waals surface area contributed by atoms with Crippen LogP contribution in [0.25, 0.3) is 0 Å². The van der Waals surface area contributed by atoms with Gasteiger partial charge in [-0.1, -0.05) is 24.3 Å². The van der Waals surface area contributed by atoms with Crippen LogP contribution >= 0.6 is 0 Å². The number of nitrogens with zero attached hydrogens (tertiary/aromatic N) is 4. The first-order chi connectivity index (χ1) is 15.8. The van der Waals surface area contributed by atoms with Gasteiger partial charge in [0.1, 0.15) is 5.69 Å². The molecule has 0 aromatic heterocycles. The summed E-state index contributed by atoms with van der Waals surface area (Å²) < 4.78 is 0. The molecule has 2 aromatic rings. The number of rotatable bonds is 7. The highest BCUT2D eigenvalue weighted by Gasteiger charge is 2.26. The van der Waals surface area contributed by atoms with Crippen LogP contribution in [0.5, 0.6) is 0 Å². The zero-order valence-corrected chi connectivity index (χ0v) is 19.2. The minimum absolute atomic E-state index is 0.0162. The molecule has 1 saturated heterocycles. The monoisotopic (exact) mass is 454 g/mol. The van der Waals surface area contributed by atoms with Crippen molar-refractivity contribution >= 4 is 28.9 Å². The van der Waals surface area contributed by atoms with Crippen LogP contribution in [-0.4, -0.2) is 80.4 Å². The number of benzene rings is 2. The van der Waals surface area contributed by atoms with Gasteiger partial charge in [-0.05, 0) is 30.8 Å². The summed E-state index contributed by atoms with van der Waals surface area (Å²) in [5.74, 6) is -1.78. The van der Waals surface area contributed by atoms with E-state index in [4.69, 9.17) is 0 Å². The molecule has 1 fully saturated rings. The van der Waals surface area contributed by atoms with Crippen LogP contribution in [0.3, 0.4) is 0 Å². The van der Waals surface area contributed by atoms with Crippen molar-refractivity contribution in [3.05, 3.63) is 64.2 Å². The number of nitro groups is 1. The first-order valence-corrected chi connectivity index (χ1v) is 10.8.